The molecule has 0 unspecified atom stereocenters. The van der Waals surface area contributed by atoms with E-state index in [1.807, 2.05) is 11.2 Å². The van der Waals surface area contributed by atoms with Gasteiger partial charge in [0.2, 0.25) is 11.8 Å². The van der Waals surface area contributed by atoms with Crippen molar-refractivity contribution >= 4 is 29.4 Å². The summed E-state index contributed by atoms with van der Waals surface area (Å²) in [4.78, 5) is 14.2. The lowest BCUT2D eigenvalue weighted by molar-refractivity contribution is -0.128. The van der Waals surface area contributed by atoms with Gasteiger partial charge in [0.15, 0.2) is 0 Å². The molecule has 5 nitrogen and oxygen atoms in total. The summed E-state index contributed by atoms with van der Waals surface area (Å²) in [6, 6.07) is 0. The topological polar surface area (TPSA) is 59.2 Å². The Morgan fingerprint density at radius 1 is 1.20 bits per heavy atom. The molecule has 2 heterocycles. The zero-order valence-electron chi connectivity index (χ0n) is 11.8. The quantitative estimate of drug-likeness (QED) is 0.779. The molecule has 0 aliphatic carbocycles. The Morgan fingerprint density at radius 3 is 2.60 bits per heavy atom. The van der Waals surface area contributed by atoms with Crippen LogP contribution in [0.4, 0.5) is 0 Å². The molecule has 1 fully saturated rings. The Balaban J connectivity index is 1.77. The molecule has 20 heavy (non-hydrogen) atoms. The lowest BCUT2D eigenvalue weighted by atomic mass is 10.1. The summed E-state index contributed by atoms with van der Waals surface area (Å²) in [5, 5.41) is 8.38. The summed E-state index contributed by atoms with van der Waals surface area (Å²) in [7, 11) is 0. The van der Waals surface area contributed by atoms with Gasteiger partial charge in [0, 0.05) is 13.1 Å². The van der Waals surface area contributed by atoms with Crippen LogP contribution in [-0.4, -0.2) is 46.1 Å². The highest BCUT2D eigenvalue weighted by atomic mass is 32.2. The van der Waals surface area contributed by atoms with Gasteiger partial charge in [-0.2, -0.15) is 11.8 Å². The number of aromatic nitrogens is 2. The molecule has 1 aliphatic heterocycles. The van der Waals surface area contributed by atoms with Gasteiger partial charge in [0.1, 0.15) is 0 Å². The van der Waals surface area contributed by atoms with E-state index in [1.54, 1.807) is 11.8 Å². The number of rotatable bonds is 5. The van der Waals surface area contributed by atoms with Crippen LogP contribution in [0, 0.1) is 0 Å². The Kier molecular flexibility index (Phi) is 6.72. The Hall–Kier alpha value is -0.690. The van der Waals surface area contributed by atoms with Crippen LogP contribution < -0.4 is 0 Å². The van der Waals surface area contributed by atoms with Crippen molar-refractivity contribution in [2.24, 2.45) is 0 Å². The fourth-order valence-corrected chi connectivity index (χ4v) is 3.24. The van der Waals surface area contributed by atoms with E-state index < -0.39 is 0 Å². The molecule has 112 valence electrons. The second kappa shape index (κ2) is 8.56. The third kappa shape index (κ3) is 5.01. The number of thioether (sulfide) groups is 2. The number of carbonyl (C=O) groups excluding carboxylic acids is 1. The van der Waals surface area contributed by atoms with E-state index in [2.05, 4.69) is 10.2 Å². The molecular weight excluding hydrogens is 294 g/mol. The minimum absolute atomic E-state index is 0.182. The minimum atomic E-state index is 0.182. The van der Waals surface area contributed by atoms with Crippen LogP contribution >= 0.6 is 23.5 Å². The SMILES string of the molecule is CSCc1nnc(SCC(=O)N2CCCCCCC2)o1. The van der Waals surface area contributed by atoms with E-state index in [0.29, 0.717) is 22.6 Å². The number of hydrogen-bond acceptors (Lipinski definition) is 6. The molecule has 0 bridgehead atoms. The maximum atomic E-state index is 12.2. The fourth-order valence-electron chi connectivity index (χ4n) is 2.19. The molecule has 1 aromatic heterocycles. The number of likely N-dealkylation sites (tertiary alicyclic amines) is 1. The molecule has 1 amide bonds. The maximum absolute atomic E-state index is 12.2. The predicted octanol–water partition coefficient (Wildman–Crippen LogP) is 2.82. The van der Waals surface area contributed by atoms with Gasteiger partial charge in [-0.25, -0.2) is 0 Å². The van der Waals surface area contributed by atoms with Crippen LogP contribution in [0.3, 0.4) is 0 Å². The van der Waals surface area contributed by atoms with E-state index in [-0.39, 0.29) is 5.91 Å². The van der Waals surface area contributed by atoms with E-state index >= 15 is 0 Å². The average Bonchev–Trinajstić information content (AvgIpc) is 2.84. The zero-order valence-corrected chi connectivity index (χ0v) is 13.5. The molecule has 7 heteroatoms. The van der Waals surface area contributed by atoms with Gasteiger partial charge in [-0.05, 0) is 19.1 Å². The molecule has 2 rings (SSSR count). The first-order valence-electron chi connectivity index (χ1n) is 7.01. The van der Waals surface area contributed by atoms with E-state index in [9.17, 15) is 4.79 Å². The normalized spacial score (nSPS) is 16.8. The lowest BCUT2D eigenvalue weighted by Crippen LogP contribution is -2.35. The van der Waals surface area contributed by atoms with Crippen LogP contribution in [0.2, 0.25) is 0 Å². The molecular formula is C13H21N3O2S2. The van der Waals surface area contributed by atoms with Crippen LogP contribution in [-0.2, 0) is 10.5 Å². The van der Waals surface area contributed by atoms with Crippen molar-refractivity contribution in [1.29, 1.82) is 0 Å². The number of nitrogens with zero attached hydrogens (tertiary/aromatic N) is 3. The molecule has 0 spiro atoms. The molecule has 0 atom stereocenters. The summed E-state index contributed by atoms with van der Waals surface area (Å²) >= 11 is 2.98. The number of carbonyl (C=O) groups is 1. The maximum Gasteiger partial charge on any atom is 0.277 e. The molecule has 0 aromatic carbocycles. The van der Waals surface area contributed by atoms with Gasteiger partial charge >= 0.3 is 0 Å². The smallest absolute Gasteiger partial charge is 0.277 e. The van der Waals surface area contributed by atoms with Gasteiger partial charge < -0.3 is 9.32 Å². The molecule has 1 aromatic rings. The first kappa shape index (κ1) is 15.7. The van der Waals surface area contributed by atoms with E-state index in [1.165, 1.54) is 31.0 Å². The van der Waals surface area contributed by atoms with E-state index in [0.717, 1.165) is 25.9 Å². The van der Waals surface area contributed by atoms with Crippen molar-refractivity contribution < 1.29 is 9.21 Å². The summed E-state index contributed by atoms with van der Waals surface area (Å²) in [5.41, 5.74) is 0. The summed E-state index contributed by atoms with van der Waals surface area (Å²) < 4.78 is 5.46. The van der Waals surface area contributed by atoms with Gasteiger partial charge in [-0.15, -0.1) is 10.2 Å². The molecule has 0 radical (unpaired) electrons. The Morgan fingerprint density at radius 2 is 1.90 bits per heavy atom. The van der Waals surface area contributed by atoms with Crippen molar-refractivity contribution in [3.63, 3.8) is 0 Å². The number of amides is 1. The van der Waals surface area contributed by atoms with Crippen molar-refractivity contribution in [3.05, 3.63) is 5.89 Å². The number of hydrogen-bond donors (Lipinski definition) is 0. The summed E-state index contributed by atoms with van der Waals surface area (Å²) in [5.74, 6) is 1.91. The first-order valence-corrected chi connectivity index (χ1v) is 9.39. The van der Waals surface area contributed by atoms with Crippen LogP contribution in [0.25, 0.3) is 0 Å². The first-order chi connectivity index (χ1) is 9.79. The van der Waals surface area contributed by atoms with Gasteiger partial charge in [0.25, 0.3) is 5.22 Å². The van der Waals surface area contributed by atoms with Crippen LogP contribution in [0.15, 0.2) is 9.64 Å². The lowest BCUT2D eigenvalue weighted by Gasteiger charge is -2.24. The second-order valence-corrected chi connectivity index (χ2v) is 6.62. The molecule has 1 saturated heterocycles. The average molecular weight is 315 g/mol. The summed E-state index contributed by atoms with van der Waals surface area (Å²) in [6.07, 6.45) is 8.00. The highest BCUT2D eigenvalue weighted by Crippen LogP contribution is 2.19. The van der Waals surface area contributed by atoms with E-state index in [4.69, 9.17) is 4.42 Å². The molecule has 0 saturated carbocycles. The summed E-state index contributed by atoms with van der Waals surface area (Å²) in [6.45, 7) is 1.78. The fraction of sp³-hybridized carbons (Fsp3) is 0.769. The largest absolute Gasteiger partial charge is 0.415 e. The Labute approximate surface area is 128 Å². The zero-order chi connectivity index (χ0) is 14.2. The van der Waals surface area contributed by atoms with Crippen molar-refractivity contribution in [2.75, 3.05) is 25.1 Å². The second-order valence-electron chi connectivity index (χ2n) is 4.83. The van der Waals surface area contributed by atoms with Crippen molar-refractivity contribution in [1.82, 2.24) is 15.1 Å². The van der Waals surface area contributed by atoms with Crippen molar-refractivity contribution in [2.45, 2.75) is 43.1 Å². The molecule has 1 aliphatic rings. The van der Waals surface area contributed by atoms with Crippen LogP contribution in [0.1, 0.15) is 38.0 Å². The van der Waals surface area contributed by atoms with Gasteiger partial charge in [-0.1, -0.05) is 31.0 Å². The highest BCUT2D eigenvalue weighted by molar-refractivity contribution is 7.99. The standard InChI is InChI=1S/C13H21N3O2S2/c1-19-9-11-14-15-13(18-11)20-10-12(17)16-7-5-3-2-4-6-8-16/h2-10H2,1H3. The Bertz CT molecular complexity index is 418. The third-order valence-corrected chi connectivity index (χ3v) is 4.58. The third-order valence-electron chi connectivity index (χ3n) is 3.24. The predicted molar refractivity (Wildman–Crippen MR) is 81.9 cm³/mol. The van der Waals surface area contributed by atoms with Gasteiger partial charge in [-0.3, -0.25) is 4.79 Å². The van der Waals surface area contributed by atoms with Crippen LogP contribution in [0.5, 0.6) is 0 Å². The monoisotopic (exact) mass is 315 g/mol. The highest BCUT2D eigenvalue weighted by Gasteiger charge is 2.16. The minimum Gasteiger partial charge on any atom is -0.415 e. The van der Waals surface area contributed by atoms with Gasteiger partial charge in [0.05, 0.1) is 11.5 Å². The molecule has 0 N–H and O–H groups in total. The van der Waals surface area contributed by atoms with Crippen molar-refractivity contribution in [3.8, 4) is 0 Å².